The highest BCUT2D eigenvalue weighted by Crippen LogP contribution is 2.34. The number of carbonyl (C=O) groups is 1. The number of aryl methyl sites for hydroxylation is 1. The summed E-state index contributed by atoms with van der Waals surface area (Å²) in [6, 6.07) is 4.99. The van der Waals surface area contributed by atoms with Gasteiger partial charge in [0.05, 0.1) is 25.9 Å². The summed E-state index contributed by atoms with van der Waals surface area (Å²) in [7, 11) is 3.11. The van der Waals surface area contributed by atoms with Crippen molar-refractivity contribution in [3.63, 3.8) is 0 Å². The van der Waals surface area contributed by atoms with Gasteiger partial charge in [0.25, 0.3) is 5.56 Å². The van der Waals surface area contributed by atoms with Crippen molar-refractivity contribution in [1.29, 1.82) is 0 Å². The summed E-state index contributed by atoms with van der Waals surface area (Å²) in [5.74, 6) is 1.63. The number of nitrogens with one attached hydrogen (secondary N) is 1. The van der Waals surface area contributed by atoms with Gasteiger partial charge in [0.15, 0.2) is 5.16 Å². The van der Waals surface area contributed by atoms with Gasteiger partial charge in [0.1, 0.15) is 11.5 Å². The van der Waals surface area contributed by atoms with Crippen molar-refractivity contribution >= 4 is 23.4 Å². The van der Waals surface area contributed by atoms with Gasteiger partial charge in [-0.05, 0) is 25.5 Å². The van der Waals surface area contributed by atoms with Gasteiger partial charge in [-0.25, -0.2) is 4.98 Å². The van der Waals surface area contributed by atoms with Gasteiger partial charge in [-0.3, -0.25) is 14.2 Å². The largest absolute Gasteiger partial charge is 0.497 e. The molecule has 0 fully saturated rings. The molecular formula is C19H23N3O4S. The Kier molecular flexibility index (Phi) is 5.74. The molecule has 1 aliphatic heterocycles. The molecule has 0 bridgehead atoms. The summed E-state index contributed by atoms with van der Waals surface area (Å²) in [6.07, 6.45) is 0.816. The van der Waals surface area contributed by atoms with Crippen LogP contribution in [0.1, 0.15) is 30.6 Å². The summed E-state index contributed by atoms with van der Waals surface area (Å²) in [5.41, 5.74) is 1.98. The molecule has 0 radical (unpaired) electrons. The molecule has 3 rings (SSSR count). The third-order valence-corrected chi connectivity index (χ3v) is 5.71. The first-order valence-electron chi connectivity index (χ1n) is 8.75. The number of nitrogens with zero attached hydrogens (tertiary/aromatic N) is 2. The van der Waals surface area contributed by atoms with Crippen molar-refractivity contribution in [3.05, 3.63) is 39.8 Å². The van der Waals surface area contributed by atoms with Gasteiger partial charge >= 0.3 is 0 Å². The standard InChI is InChI=1S/C19H23N3O4S/c1-5-14-11(2)20-19-22(18(14)24)12(10-27-19)8-17(23)21-15-9-13(25-3)6-7-16(15)26-4/h6-7,9,12H,5,8,10H2,1-4H3,(H,21,23). The average molecular weight is 389 g/mol. The molecule has 7 nitrogen and oxygen atoms in total. The van der Waals surface area contributed by atoms with E-state index in [2.05, 4.69) is 10.3 Å². The van der Waals surface area contributed by atoms with Gasteiger partial charge in [0, 0.05) is 29.5 Å². The van der Waals surface area contributed by atoms with Crippen molar-refractivity contribution in [3.8, 4) is 11.5 Å². The molecule has 2 heterocycles. The highest BCUT2D eigenvalue weighted by molar-refractivity contribution is 7.99. The monoisotopic (exact) mass is 389 g/mol. The van der Waals surface area contributed by atoms with E-state index in [9.17, 15) is 9.59 Å². The average Bonchev–Trinajstić information content (AvgIpc) is 3.04. The Hall–Kier alpha value is -2.48. The van der Waals surface area contributed by atoms with Crippen LogP contribution in [0, 0.1) is 6.92 Å². The minimum atomic E-state index is -0.215. The Labute approximate surface area is 162 Å². The van der Waals surface area contributed by atoms with E-state index in [1.807, 2.05) is 13.8 Å². The fraction of sp³-hybridized carbons (Fsp3) is 0.421. The van der Waals surface area contributed by atoms with Crippen LogP contribution in [0.5, 0.6) is 11.5 Å². The Morgan fingerprint density at radius 2 is 2.15 bits per heavy atom. The van der Waals surface area contributed by atoms with E-state index in [1.165, 1.54) is 11.8 Å². The first kappa shape index (κ1) is 19.3. The Morgan fingerprint density at radius 1 is 1.37 bits per heavy atom. The van der Waals surface area contributed by atoms with Gasteiger partial charge in [-0.15, -0.1) is 0 Å². The number of ether oxygens (including phenoxy) is 2. The van der Waals surface area contributed by atoms with Crippen LogP contribution in [0.2, 0.25) is 0 Å². The zero-order chi connectivity index (χ0) is 19.6. The highest BCUT2D eigenvalue weighted by Gasteiger charge is 2.29. The van der Waals surface area contributed by atoms with Crippen LogP contribution >= 0.6 is 11.8 Å². The first-order valence-corrected chi connectivity index (χ1v) is 9.73. The van der Waals surface area contributed by atoms with E-state index in [0.717, 1.165) is 5.69 Å². The van der Waals surface area contributed by atoms with Gasteiger partial charge in [-0.2, -0.15) is 0 Å². The smallest absolute Gasteiger partial charge is 0.257 e. The summed E-state index contributed by atoms with van der Waals surface area (Å²) >= 11 is 1.51. The molecule has 27 heavy (non-hydrogen) atoms. The number of fused-ring (bicyclic) bond motifs is 1. The molecular weight excluding hydrogens is 366 g/mol. The zero-order valence-corrected chi connectivity index (χ0v) is 16.7. The van der Waals surface area contributed by atoms with Crippen LogP contribution in [0.3, 0.4) is 0 Å². The van der Waals surface area contributed by atoms with Crippen molar-refractivity contribution in [2.24, 2.45) is 0 Å². The van der Waals surface area contributed by atoms with E-state index in [0.29, 0.717) is 40.1 Å². The number of thioether (sulfide) groups is 1. The van der Waals surface area contributed by atoms with Crippen LogP contribution in [0.4, 0.5) is 5.69 Å². The fourth-order valence-corrected chi connectivity index (χ4v) is 4.39. The Bertz CT molecular complexity index is 926. The van der Waals surface area contributed by atoms with E-state index < -0.39 is 0 Å². The first-order chi connectivity index (χ1) is 13.0. The molecule has 0 saturated carbocycles. The zero-order valence-electron chi connectivity index (χ0n) is 15.9. The van der Waals surface area contributed by atoms with Crippen molar-refractivity contribution in [2.45, 2.75) is 37.9 Å². The summed E-state index contributed by atoms with van der Waals surface area (Å²) in [4.78, 5) is 29.9. The molecule has 0 saturated heterocycles. The molecule has 2 aromatic rings. The molecule has 0 aliphatic carbocycles. The summed E-state index contributed by atoms with van der Waals surface area (Å²) in [6.45, 7) is 3.80. The third-order valence-electron chi connectivity index (χ3n) is 4.61. The second kappa shape index (κ2) is 8.04. The number of amides is 1. The number of methoxy groups -OCH3 is 2. The summed E-state index contributed by atoms with van der Waals surface area (Å²) < 4.78 is 12.2. The normalized spacial score (nSPS) is 15.3. The molecule has 8 heteroatoms. The molecule has 144 valence electrons. The molecule has 1 amide bonds. The SMILES string of the molecule is CCc1c(C)nc2n(c1=O)C(CC(=O)Nc1cc(OC)ccc1OC)CS2. The lowest BCUT2D eigenvalue weighted by atomic mass is 10.1. The van der Waals surface area contributed by atoms with Crippen molar-refractivity contribution < 1.29 is 14.3 Å². The van der Waals surface area contributed by atoms with Gasteiger partial charge in [-0.1, -0.05) is 18.7 Å². The molecule has 1 unspecified atom stereocenters. The number of hydrogen-bond donors (Lipinski definition) is 1. The van der Waals surface area contributed by atoms with E-state index in [-0.39, 0.29) is 23.9 Å². The topological polar surface area (TPSA) is 82.5 Å². The van der Waals surface area contributed by atoms with Crippen LogP contribution in [0.25, 0.3) is 0 Å². The molecule has 1 aliphatic rings. The van der Waals surface area contributed by atoms with E-state index in [1.54, 1.807) is 37.0 Å². The van der Waals surface area contributed by atoms with Crippen molar-refractivity contribution in [1.82, 2.24) is 9.55 Å². The van der Waals surface area contributed by atoms with Gasteiger partial charge < -0.3 is 14.8 Å². The molecule has 1 aromatic heterocycles. The van der Waals surface area contributed by atoms with Crippen molar-refractivity contribution in [2.75, 3.05) is 25.3 Å². The lowest BCUT2D eigenvalue weighted by molar-refractivity contribution is -0.116. The number of carbonyl (C=O) groups excluding carboxylic acids is 1. The number of rotatable bonds is 6. The highest BCUT2D eigenvalue weighted by atomic mass is 32.2. The van der Waals surface area contributed by atoms with Crippen LogP contribution < -0.4 is 20.3 Å². The quantitative estimate of drug-likeness (QED) is 0.765. The van der Waals surface area contributed by atoms with Crippen LogP contribution in [0.15, 0.2) is 28.2 Å². The molecule has 1 atom stereocenters. The maximum Gasteiger partial charge on any atom is 0.257 e. The minimum absolute atomic E-state index is 0.0400. The number of anilines is 1. The van der Waals surface area contributed by atoms with E-state index >= 15 is 0 Å². The lowest BCUT2D eigenvalue weighted by Crippen LogP contribution is -2.30. The predicted molar refractivity (Wildman–Crippen MR) is 105 cm³/mol. The maximum absolute atomic E-state index is 12.8. The third kappa shape index (κ3) is 3.80. The van der Waals surface area contributed by atoms with Crippen LogP contribution in [-0.4, -0.2) is 35.4 Å². The predicted octanol–water partition coefficient (Wildman–Crippen LogP) is 2.81. The minimum Gasteiger partial charge on any atom is -0.497 e. The lowest BCUT2D eigenvalue weighted by Gasteiger charge is -2.16. The fourth-order valence-electron chi connectivity index (χ4n) is 3.21. The Balaban J connectivity index is 1.81. The number of benzene rings is 1. The number of aromatic nitrogens is 2. The second-order valence-corrected chi connectivity index (χ2v) is 7.26. The maximum atomic E-state index is 12.8. The van der Waals surface area contributed by atoms with E-state index in [4.69, 9.17) is 9.47 Å². The molecule has 0 spiro atoms. The molecule has 1 aromatic carbocycles. The summed E-state index contributed by atoms with van der Waals surface area (Å²) in [5, 5.41) is 3.55. The van der Waals surface area contributed by atoms with Gasteiger partial charge in [0.2, 0.25) is 5.91 Å². The Morgan fingerprint density at radius 3 is 2.81 bits per heavy atom. The van der Waals surface area contributed by atoms with Crippen LogP contribution in [-0.2, 0) is 11.2 Å². The second-order valence-electron chi connectivity index (χ2n) is 6.27. The molecule has 1 N–H and O–H groups in total. The number of hydrogen-bond acceptors (Lipinski definition) is 6.